The Morgan fingerprint density at radius 2 is 1.62 bits per heavy atom. The summed E-state index contributed by atoms with van der Waals surface area (Å²) in [6.45, 7) is 2.64. The van der Waals surface area contributed by atoms with Crippen molar-refractivity contribution < 1.29 is 13.6 Å². The van der Waals surface area contributed by atoms with Crippen molar-refractivity contribution in [3.63, 3.8) is 0 Å². The van der Waals surface area contributed by atoms with Gasteiger partial charge in [0, 0.05) is 31.9 Å². The summed E-state index contributed by atoms with van der Waals surface area (Å²) in [7, 11) is 0. The zero-order valence-corrected chi connectivity index (χ0v) is 15.6. The first-order valence-electron chi connectivity index (χ1n) is 9.25. The number of nitrogens with one attached hydrogen (secondary N) is 1. The molecule has 8 heteroatoms. The maximum atomic E-state index is 14.0. The molecule has 4 rings (SSSR count). The van der Waals surface area contributed by atoms with Gasteiger partial charge in [0.25, 0.3) is 5.91 Å². The summed E-state index contributed by atoms with van der Waals surface area (Å²) in [5.74, 6) is -0.465. The number of para-hydroxylation sites is 1. The van der Waals surface area contributed by atoms with Gasteiger partial charge in [-0.25, -0.2) is 8.78 Å². The van der Waals surface area contributed by atoms with Crippen molar-refractivity contribution >= 4 is 23.1 Å². The second-order valence-corrected chi connectivity index (χ2v) is 6.67. The molecule has 148 valence electrons. The number of anilines is 3. The number of carbonyl (C=O) groups is 1. The molecule has 0 radical (unpaired) electrons. The van der Waals surface area contributed by atoms with Crippen molar-refractivity contribution in [3.05, 3.63) is 78.0 Å². The van der Waals surface area contributed by atoms with E-state index in [1.165, 1.54) is 24.3 Å². The van der Waals surface area contributed by atoms with E-state index in [2.05, 4.69) is 15.5 Å². The Balaban J connectivity index is 1.37. The van der Waals surface area contributed by atoms with Gasteiger partial charge in [0.05, 0.1) is 5.69 Å². The van der Waals surface area contributed by atoms with Gasteiger partial charge < -0.3 is 15.1 Å². The fraction of sp³-hybridized carbons (Fsp3) is 0.190. The molecule has 1 N–H and O–H groups in total. The van der Waals surface area contributed by atoms with Gasteiger partial charge in [-0.2, -0.15) is 0 Å². The number of amides is 1. The predicted octanol–water partition coefficient (Wildman–Crippen LogP) is 3.33. The average molecular weight is 395 g/mol. The summed E-state index contributed by atoms with van der Waals surface area (Å²) in [4.78, 5) is 16.3. The van der Waals surface area contributed by atoms with E-state index in [1.807, 2.05) is 15.9 Å². The van der Waals surface area contributed by atoms with E-state index in [0.29, 0.717) is 43.4 Å². The molecule has 0 unspecified atom stereocenters. The van der Waals surface area contributed by atoms with Gasteiger partial charge >= 0.3 is 0 Å². The average Bonchev–Trinajstić information content (AvgIpc) is 2.74. The monoisotopic (exact) mass is 395 g/mol. The molecule has 1 aliphatic heterocycles. The number of piperazine rings is 1. The smallest absolute Gasteiger partial charge is 0.276 e. The predicted molar refractivity (Wildman–Crippen MR) is 107 cm³/mol. The van der Waals surface area contributed by atoms with Gasteiger partial charge in [-0.3, -0.25) is 4.79 Å². The first kappa shape index (κ1) is 18.8. The molecule has 1 saturated heterocycles. The van der Waals surface area contributed by atoms with Crippen LogP contribution < -0.4 is 15.1 Å². The van der Waals surface area contributed by atoms with Crippen LogP contribution in [0.4, 0.5) is 26.0 Å². The van der Waals surface area contributed by atoms with Crippen molar-refractivity contribution in [3.8, 4) is 0 Å². The minimum atomic E-state index is -0.459. The number of aromatic nitrogens is 2. The van der Waals surface area contributed by atoms with E-state index in [9.17, 15) is 13.6 Å². The molecule has 1 amide bonds. The van der Waals surface area contributed by atoms with E-state index in [4.69, 9.17) is 0 Å². The highest BCUT2D eigenvalue weighted by Gasteiger charge is 2.21. The molecule has 1 aromatic heterocycles. The molecule has 6 nitrogen and oxygen atoms in total. The highest BCUT2D eigenvalue weighted by molar-refractivity contribution is 6.02. The van der Waals surface area contributed by atoms with Crippen LogP contribution in [-0.4, -0.2) is 42.3 Å². The minimum Gasteiger partial charge on any atom is -0.366 e. The minimum absolute atomic E-state index is 0.142. The Morgan fingerprint density at radius 3 is 2.31 bits per heavy atom. The van der Waals surface area contributed by atoms with Gasteiger partial charge in [0.2, 0.25) is 0 Å². The third-order valence-electron chi connectivity index (χ3n) is 4.76. The Hall–Kier alpha value is -3.55. The number of hydrogen-bond donors (Lipinski definition) is 1. The second-order valence-electron chi connectivity index (χ2n) is 6.67. The van der Waals surface area contributed by atoms with Crippen LogP contribution in [0.25, 0.3) is 0 Å². The first-order valence-corrected chi connectivity index (χ1v) is 9.25. The van der Waals surface area contributed by atoms with Crippen LogP contribution in [0.1, 0.15) is 10.5 Å². The lowest BCUT2D eigenvalue weighted by Gasteiger charge is -2.36. The zero-order chi connectivity index (χ0) is 20.2. The lowest BCUT2D eigenvalue weighted by molar-refractivity contribution is 0.102. The highest BCUT2D eigenvalue weighted by atomic mass is 19.1. The van der Waals surface area contributed by atoms with Crippen LogP contribution in [-0.2, 0) is 0 Å². The normalized spacial score (nSPS) is 14.0. The lowest BCUT2D eigenvalue weighted by atomic mass is 10.2. The number of nitrogens with zero attached hydrogens (tertiary/aromatic N) is 4. The number of rotatable bonds is 4. The molecule has 0 saturated carbocycles. The van der Waals surface area contributed by atoms with Crippen molar-refractivity contribution in [1.29, 1.82) is 0 Å². The third-order valence-corrected chi connectivity index (χ3v) is 4.76. The van der Waals surface area contributed by atoms with Crippen LogP contribution in [0.2, 0.25) is 0 Å². The molecule has 3 aromatic rings. The summed E-state index contributed by atoms with van der Waals surface area (Å²) in [6.07, 6.45) is 0. The van der Waals surface area contributed by atoms with Crippen LogP contribution >= 0.6 is 0 Å². The quantitative estimate of drug-likeness (QED) is 0.734. The standard InChI is InChI=1S/C21H19F2N5O/c22-15-4-3-5-16(14-15)24-21(29)18-8-9-20(26-25-18)28-12-10-27(11-13-28)19-7-2-1-6-17(19)23/h1-9,14H,10-13H2,(H,24,29). The highest BCUT2D eigenvalue weighted by Crippen LogP contribution is 2.22. The van der Waals surface area contributed by atoms with Gasteiger partial charge in [-0.05, 0) is 42.5 Å². The van der Waals surface area contributed by atoms with Gasteiger partial charge in [-0.15, -0.1) is 10.2 Å². The first-order chi connectivity index (χ1) is 14.1. The molecule has 2 aromatic carbocycles. The molecule has 0 atom stereocenters. The molecule has 0 aliphatic carbocycles. The largest absolute Gasteiger partial charge is 0.366 e. The van der Waals surface area contributed by atoms with Crippen molar-refractivity contribution in [1.82, 2.24) is 10.2 Å². The summed E-state index contributed by atoms with van der Waals surface area (Å²) in [5, 5.41) is 10.7. The Bertz CT molecular complexity index is 1000. The number of hydrogen-bond acceptors (Lipinski definition) is 5. The number of halogens is 2. The fourth-order valence-electron chi connectivity index (χ4n) is 3.26. The Kier molecular flexibility index (Phi) is 5.33. The summed E-state index contributed by atoms with van der Waals surface area (Å²) >= 11 is 0. The lowest BCUT2D eigenvalue weighted by Crippen LogP contribution is -2.47. The summed E-state index contributed by atoms with van der Waals surface area (Å²) < 4.78 is 27.2. The zero-order valence-electron chi connectivity index (χ0n) is 15.6. The third kappa shape index (κ3) is 4.31. The fourth-order valence-corrected chi connectivity index (χ4v) is 3.26. The van der Waals surface area contributed by atoms with E-state index in [0.717, 1.165) is 0 Å². The topological polar surface area (TPSA) is 61.4 Å². The number of benzene rings is 2. The maximum absolute atomic E-state index is 14.0. The van der Waals surface area contributed by atoms with Crippen LogP contribution in [0.3, 0.4) is 0 Å². The number of carbonyl (C=O) groups excluding carboxylic acids is 1. The van der Waals surface area contributed by atoms with Crippen molar-refractivity contribution in [2.45, 2.75) is 0 Å². The Morgan fingerprint density at radius 1 is 0.862 bits per heavy atom. The molecule has 1 fully saturated rings. The molecule has 0 bridgehead atoms. The maximum Gasteiger partial charge on any atom is 0.276 e. The van der Waals surface area contributed by atoms with Crippen LogP contribution in [0.5, 0.6) is 0 Å². The van der Waals surface area contributed by atoms with Gasteiger partial charge in [0.15, 0.2) is 11.5 Å². The Labute approximate surface area is 166 Å². The van der Waals surface area contributed by atoms with Crippen molar-refractivity contribution in [2.24, 2.45) is 0 Å². The van der Waals surface area contributed by atoms with Crippen LogP contribution in [0.15, 0.2) is 60.7 Å². The second kappa shape index (κ2) is 8.22. The molecule has 2 heterocycles. The summed E-state index contributed by atoms with van der Waals surface area (Å²) in [5.41, 5.74) is 1.09. The SMILES string of the molecule is O=C(Nc1cccc(F)c1)c1ccc(N2CCN(c3ccccc3F)CC2)nn1. The molecular weight excluding hydrogens is 376 g/mol. The molecular formula is C21H19F2N5O. The van der Waals surface area contributed by atoms with Crippen LogP contribution in [0, 0.1) is 11.6 Å². The molecule has 0 spiro atoms. The molecule has 1 aliphatic rings. The summed E-state index contributed by atoms with van der Waals surface area (Å²) in [6, 6.07) is 15.7. The van der Waals surface area contributed by atoms with Gasteiger partial charge in [0.1, 0.15) is 11.6 Å². The van der Waals surface area contributed by atoms with E-state index < -0.39 is 11.7 Å². The van der Waals surface area contributed by atoms with Crippen molar-refractivity contribution in [2.75, 3.05) is 41.3 Å². The van der Waals surface area contributed by atoms with E-state index in [-0.39, 0.29) is 11.5 Å². The molecule has 29 heavy (non-hydrogen) atoms. The van der Waals surface area contributed by atoms with E-state index >= 15 is 0 Å². The van der Waals surface area contributed by atoms with E-state index in [1.54, 1.807) is 30.3 Å². The van der Waals surface area contributed by atoms with Gasteiger partial charge in [-0.1, -0.05) is 18.2 Å².